The number of aromatic nitrogens is 3. The first-order chi connectivity index (χ1) is 14.8. The third-order valence-electron chi connectivity index (χ3n) is 4.81. The highest BCUT2D eigenvalue weighted by molar-refractivity contribution is 5.78. The Balaban J connectivity index is 1.78. The molecule has 0 atom stereocenters. The van der Waals surface area contributed by atoms with E-state index in [4.69, 9.17) is 13.9 Å². The predicted molar refractivity (Wildman–Crippen MR) is 121 cm³/mol. The number of ether oxygens (including phenoxy) is 2. The first-order valence-electron chi connectivity index (χ1n) is 10.5. The van der Waals surface area contributed by atoms with E-state index in [2.05, 4.69) is 35.7 Å². The number of hydrogen-bond donors (Lipinski definition) is 0. The number of rotatable bonds is 6. The number of nitrogens with zero attached hydrogens (tertiary/aromatic N) is 3. The van der Waals surface area contributed by atoms with Gasteiger partial charge >= 0.3 is 6.01 Å². The first kappa shape index (κ1) is 20.8. The molecule has 4 rings (SSSR count). The fourth-order valence-corrected chi connectivity index (χ4v) is 3.30. The molecular weight excluding hydrogens is 390 g/mol. The highest BCUT2D eigenvalue weighted by Gasteiger charge is 2.22. The Bertz CT molecular complexity index is 1210. The molecule has 160 valence electrons. The quantitative estimate of drug-likeness (QED) is 0.358. The highest BCUT2D eigenvalue weighted by atomic mass is 16.5. The van der Waals surface area contributed by atoms with Crippen molar-refractivity contribution in [1.29, 1.82) is 0 Å². The van der Waals surface area contributed by atoms with E-state index in [9.17, 15) is 0 Å². The van der Waals surface area contributed by atoms with Gasteiger partial charge in [-0.15, -0.1) is 0 Å². The molecule has 0 saturated carbocycles. The molecule has 6 nitrogen and oxygen atoms in total. The molecule has 0 N–H and O–H groups in total. The highest BCUT2D eigenvalue weighted by Crippen LogP contribution is 2.35. The van der Waals surface area contributed by atoms with Crippen LogP contribution >= 0.6 is 0 Å². The van der Waals surface area contributed by atoms with Gasteiger partial charge in [-0.1, -0.05) is 63.6 Å². The van der Waals surface area contributed by atoms with Crippen LogP contribution in [-0.4, -0.2) is 21.6 Å². The van der Waals surface area contributed by atoms with Gasteiger partial charge in [0, 0.05) is 11.1 Å². The van der Waals surface area contributed by atoms with E-state index in [0.717, 1.165) is 23.1 Å². The lowest BCUT2D eigenvalue weighted by atomic mass is 9.86. The summed E-state index contributed by atoms with van der Waals surface area (Å²) in [7, 11) is 0. The Labute approximate surface area is 182 Å². The molecule has 0 spiro atoms. The molecule has 0 amide bonds. The molecule has 6 heteroatoms. The second-order valence-corrected chi connectivity index (χ2v) is 8.55. The maximum Gasteiger partial charge on any atom is 0.328 e. The van der Waals surface area contributed by atoms with E-state index < -0.39 is 0 Å². The van der Waals surface area contributed by atoms with Crippen LogP contribution in [-0.2, 0) is 5.41 Å². The summed E-state index contributed by atoms with van der Waals surface area (Å²) >= 11 is 0. The van der Waals surface area contributed by atoms with Crippen LogP contribution in [0.5, 0.6) is 17.6 Å². The summed E-state index contributed by atoms with van der Waals surface area (Å²) in [6.07, 6.45) is 0.844. The lowest BCUT2D eigenvalue weighted by Crippen LogP contribution is -2.12. The summed E-state index contributed by atoms with van der Waals surface area (Å²) in [5.74, 6) is 1.54. The predicted octanol–water partition coefficient (Wildman–Crippen LogP) is 6.47. The average Bonchev–Trinajstić information content (AvgIpc) is 3.16. The monoisotopic (exact) mass is 417 g/mol. The van der Waals surface area contributed by atoms with E-state index >= 15 is 0 Å². The van der Waals surface area contributed by atoms with E-state index in [1.807, 2.05) is 62.4 Å². The van der Waals surface area contributed by atoms with Crippen molar-refractivity contribution in [2.75, 3.05) is 6.61 Å². The Kier molecular flexibility index (Phi) is 5.63. The van der Waals surface area contributed by atoms with Crippen molar-refractivity contribution in [2.45, 2.75) is 46.5 Å². The van der Waals surface area contributed by atoms with Crippen LogP contribution in [0.4, 0.5) is 0 Å². The molecule has 2 aromatic heterocycles. The van der Waals surface area contributed by atoms with Crippen molar-refractivity contribution >= 4 is 11.2 Å². The van der Waals surface area contributed by atoms with Crippen molar-refractivity contribution in [1.82, 2.24) is 15.0 Å². The molecule has 2 heterocycles. The fraction of sp³-hybridized carbons (Fsp3) is 0.320. The van der Waals surface area contributed by atoms with E-state index in [0.29, 0.717) is 35.4 Å². The number of benzene rings is 2. The molecule has 0 aliphatic rings. The summed E-state index contributed by atoms with van der Waals surface area (Å²) in [5, 5.41) is 0. The van der Waals surface area contributed by atoms with Crippen LogP contribution < -0.4 is 9.47 Å². The van der Waals surface area contributed by atoms with Crippen molar-refractivity contribution < 1.29 is 13.9 Å². The Morgan fingerprint density at radius 3 is 2.52 bits per heavy atom. The Morgan fingerprint density at radius 1 is 0.968 bits per heavy atom. The van der Waals surface area contributed by atoms with Crippen LogP contribution in [0.1, 0.15) is 45.2 Å². The maximum atomic E-state index is 6.11. The Hall–Kier alpha value is -3.41. The summed E-state index contributed by atoms with van der Waals surface area (Å²) < 4.78 is 18.0. The number of para-hydroxylation sites is 1. The van der Waals surface area contributed by atoms with Gasteiger partial charge < -0.3 is 13.9 Å². The Morgan fingerprint density at radius 2 is 1.77 bits per heavy atom. The van der Waals surface area contributed by atoms with Crippen molar-refractivity contribution in [2.24, 2.45) is 0 Å². The standard InChI is InChI=1S/C25H27N3O3/c1-6-14-29-22-20-23(31-21(26-20)17-11-9-10-16(2)15-17)28-24(27-22)30-19-13-8-7-12-18(19)25(3,4)5/h7-13,15H,6,14H2,1-5H3. The van der Waals surface area contributed by atoms with Gasteiger partial charge in [0.25, 0.3) is 11.6 Å². The fourth-order valence-electron chi connectivity index (χ4n) is 3.30. The molecule has 0 aliphatic carbocycles. The SMILES string of the molecule is CCCOc1nc(Oc2ccccc2C(C)(C)C)nc2oc(-c3cccc(C)c3)nc12. The minimum atomic E-state index is -0.0905. The summed E-state index contributed by atoms with van der Waals surface area (Å²) in [5.41, 5.74) is 3.79. The third-order valence-corrected chi connectivity index (χ3v) is 4.81. The number of fused-ring (bicyclic) bond motifs is 1. The number of hydrogen-bond acceptors (Lipinski definition) is 6. The van der Waals surface area contributed by atoms with Gasteiger partial charge in [0.2, 0.25) is 5.89 Å². The van der Waals surface area contributed by atoms with Crippen molar-refractivity contribution in [3.63, 3.8) is 0 Å². The minimum Gasteiger partial charge on any atom is -0.476 e. The molecule has 2 aromatic carbocycles. The summed E-state index contributed by atoms with van der Waals surface area (Å²) in [4.78, 5) is 13.6. The van der Waals surface area contributed by atoms with Gasteiger partial charge in [-0.25, -0.2) is 4.98 Å². The molecule has 0 unspecified atom stereocenters. The van der Waals surface area contributed by atoms with Gasteiger partial charge in [0.05, 0.1) is 6.61 Å². The van der Waals surface area contributed by atoms with Crippen molar-refractivity contribution in [3.05, 3.63) is 59.7 Å². The molecule has 0 radical (unpaired) electrons. The zero-order chi connectivity index (χ0) is 22.0. The van der Waals surface area contributed by atoms with Crippen LogP contribution in [0.25, 0.3) is 22.7 Å². The zero-order valence-electron chi connectivity index (χ0n) is 18.6. The normalized spacial score (nSPS) is 11.6. The zero-order valence-corrected chi connectivity index (χ0v) is 18.6. The van der Waals surface area contributed by atoms with Gasteiger partial charge in [0.1, 0.15) is 5.75 Å². The molecule has 31 heavy (non-hydrogen) atoms. The average molecular weight is 418 g/mol. The van der Waals surface area contributed by atoms with Gasteiger partial charge in [0.15, 0.2) is 5.52 Å². The topological polar surface area (TPSA) is 70.3 Å². The smallest absolute Gasteiger partial charge is 0.328 e. The van der Waals surface area contributed by atoms with Crippen LogP contribution in [0, 0.1) is 6.92 Å². The van der Waals surface area contributed by atoms with Crippen LogP contribution in [0.3, 0.4) is 0 Å². The number of aryl methyl sites for hydroxylation is 1. The van der Waals surface area contributed by atoms with Gasteiger partial charge in [-0.2, -0.15) is 9.97 Å². The van der Waals surface area contributed by atoms with E-state index in [1.54, 1.807) is 0 Å². The first-order valence-corrected chi connectivity index (χ1v) is 10.5. The molecule has 0 saturated heterocycles. The maximum absolute atomic E-state index is 6.11. The van der Waals surface area contributed by atoms with E-state index in [-0.39, 0.29) is 11.4 Å². The minimum absolute atomic E-state index is 0.0905. The van der Waals surface area contributed by atoms with Crippen molar-refractivity contribution in [3.8, 4) is 29.1 Å². The van der Waals surface area contributed by atoms with E-state index in [1.165, 1.54) is 0 Å². The summed E-state index contributed by atoms with van der Waals surface area (Å²) in [6.45, 7) is 11.0. The molecule has 0 bridgehead atoms. The van der Waals surface area contributed by atoms with Crippen LogP contribution in [0.2, 0.25) is 0 Å². The lowest BCUT2D eigenvalue weighted by Gasteiger charge is -2.22. The lowest BCUT2D eigenvalue weighted by molar-refractivity contribution is 0.302. The molecule has 0 aliphatic heterocycles. The second-order valence-electron chi connectivity index (χ2n) is 8.55. The molecular formula is C25H27N3O3. The second kappa shape index (κ2) is 8.38. The molecule has 0 fully saturated rings. The number of oxazole rings is 1. The van der Waals surface area contributed by atoms with Gasteiger partial charge in [-0.3, -0.25) is 0 Å². The summed E-state index contributed by atoms with van der Waals surface area (Å²) in [6, 6.07) is 16.0. The van der Waals surface area contributed by atoms with Gasteiger partial charge in [-0.05, 0) is 37.0 Å². The third kappa shape index (κ3) is 4.53. The van der Waals surface area contributed by atoms with Crippen LogP contribution in [0.15, 0.2) is 52.9 Å². The largest absolute Gasteiger partial charge is 0.476 e. The molecule has 4 aromatic rings.